The largest absolute Gasteiger partial charge is 0.443 e. The Morgan fingerprint density at radius 3 is 1.91 bits per heavy atom. The summed E-state index contributed by atoms with van der Waals surface area (Å²) in [5.41, 5.74) is 10.2. The van der Waals surface area contributed by atoms with Crippen molar-refractivity contribution >= 4 is 47.8 Å². The minimum absolute atomic E-state index is 0.225. The number of hydrogen-bond acceptors (Lipinski definition) is 10. The highest BCUT2D eigenvalue weighted by atomic mass is 28.3. The van der Waals surface area contributed by atoms with Crippen molar-refractivity contribution in [3.8, 4) is 0 Å². The lowest BCUT2D eigenvalue weighted by Gasteiger charge is -2.49. The summed E-state index contributed by atoms with van der Waals surface area (Å²) in [5, 5.41) is 5.80. The van der Waals surface area contributed by atoms with Crippen molar-refractivity contribution in [1.29, 1.82) is 0 Å². The Bertz CT molecular complexity index is 1950. The van der Waals surface area contributed by atoms with Gasteiger partial charge in [-0.15, -0.1) is 0 Å². The minimum atomic E-state index is -2.24. The van der Waals surface area contributed by atoms with E-state index in [-0.39, 0.29) is 23.9 Å². The van der Waals surface area contributed by atoms with Crippen molar-refractivity contribution in [3.05, 3.63) is 82.4 Å². The average Bonchev–Trinajstić information content (AvgIpc) is 3.45. The summed E-state index contributed by atoms with van der Waals surface area (Å²) in [4.78, 5) is 43.8. The molecule has 58 heavy (non-hydrogen) atoms. The molecule has 13 heteroatoms. The van der Waals surface area contributed by atoms with Crippen molar-refractivity contribution < 1.29 is 38.1 Å². The molecular formula is C45H58N4O8Si. The van der Waals surface area contributed by atoms with Crippen LogP contribution in [0.2, 0.25) is 12.1 Å². The molecule has 2 amide bonds. The van der Waals surface area contributed by atoms with E-state index in [2.05, 4.69) is 51.5 Å². The van der Waals surface area contributed by atoms with Gasteiger partial charge in [-0.25, -0.2) is 9.59 Å². The number of carbonyl (C=O) groups excluding carboxylic acids is 3. The summed E-state index contributed by atoms with van der Waals surface area (Å²) in [6, 6.07) is 21.6. The number of rotatable bonds is 15. The molecule has 3 aromatic rings. The highest BCUT2D eigenvalue weighted by Crippen LogP contribution is 2.51. The first-order valence-corrected chi connectivity index (χ1v) is 23.6. The summed E-state index contributed by atoms with van der Waals surface area (Å²) < 4.78 is 28.9. The molecular weight excluding hydrogens is 753 g/mol. The standard InChI is InChI=1S/C45H58N4O8Si/c1-44(2,3)40(56-43(46)52)30-55-24-23-54-22-21-53-20-15-47-41(50)31-9-12-34-37(27-31)45(57-42(34)51)35-13-10-32(48-16-7-17-48)28-38(35)58(25-5-4-6-26-58)39-29-33(11-14-36(39)45)49-18-8-19-49/h9-14,27-29,40H,4-8,15-26,30H2,1-3H3,(H2,46,52)(H,47,50). The first kappa shape index (κ1) is 40.4. The predicted molar refractivity (Wildman–Crippen MR) is 225 cm³/mol. The van der Waals surface area contributed by atoms with Gasteiger partial charge in [0.05, 0.1) is 45.2 Å². The number of carbonyl (C=O) groups is 3. The second kappa shape index (κ2) is 16.7. The van der Waals surface area contributed by atoms with E-state index in [1.807, 2.05) is 26.8 Å². The highest BCUT2D eigenvalue weighted by Gasteiger charge is 2.58. The Morgan fingerprint density at radius 2 is 1.36 bits per heavy atom. The molecule has 3 N–H and O–H groups in total. The number of benzene rings is 3. The number of anilines is 2. The molecule has 2 spiro atoms. The van der Waals surface area contributed by atoms with Crippen LogP contribution in [0, 0.1) is 5.41 Å². The third-order valence-corrected chi connectivity index (χ3v) is 18.1. The third kappa shape index (κ3) is 7.62. The van der Waals surface area contributed by atoms with Crippen molar-refractivity contribution in [2.75, 3.05) is 82.2 Å². The molecule has 0 aromatic heterocycles. The second-order valence-electron chi connectivity index (χ2n) is 17.5. The van der Waals surface area contributed by atoms with Crippen LogP contribution in [-0.4, -0.2) is 105 Å². The van der Waals surface area contributed by atoms with Crippen LogP contribution in [0.25, 0.3) is 0 Å². The number of nitrogens with zero attached hydrogens (tertiary/aromatic N) is 2. The van der Waals surface area contributed by atoms with Crippen LogP contribution in [0.15, 0.2) is 54.6 Å². The van der Waals surface area contributed by atoms with Gasteiger partial charge in [0, 0.05) is 71.8 Å². The zero-order chi connectivity index (χ0) is 40.5. The number of amides is 2. The molecule has 3 fully saturated rings. The van der Waals surface area contributed by atoms with Crippen LogP contribution in [-0.2, 0) is 29.3 Å². The monoisotopic (exact) mass is 810 g/mol. The van der Waals surface area contributed by atoms with Gasteiger partial charge in [-0.1, -0.05) is 52.2 Å². The Kier molecular flexibility index (Phi) is 11.6. The predicted octanol–water partition coefficient (Wildman–Crippen LogP) is 4.92. The van der Waals surface area contributed by atoms with Crippen LogP contribution < -0.4 is 31.2 Å². The number of fused-ring (bicyclic) bond motifs is 8. The molecule has 0 saturated carbocycles. The maximum atomic E-state index is 14.0. The third-order valence-electron chi connectivity index (χ3n) is 12.8. The van der Waals surface area contributed by atoms with E-state index >= 15 is 0 Å². The molecule has 3 saturated heterocycles. The fraction of sp³-hybridized carbons (Fsp3) is 0.533. The molecule has 5 aliphatic rings. The summed E-state index contributed by atoms with van der Waals surface area (Å²) in [6.45, 7) is 12.4. The van der Waals surface area contributed by atoms with Crippen LogP contribution in [0.4, 0.5) is 16.2 Å². The van der Waals surface area contributed by atoms with Crippen LogP contribution in [0.5, 0.6) is 0 Å². The fourth-order valence-corrected chi connectivity index (χ4v) is 15.1. The van der Waals surface area contributed by atoms with E-state index in [9.17, 15) is 14.4 Å². The first-order chi connectivity index (χ1) is 28.0. The summed E-state index contributed by atoms with van der Waals surface area (Å²) in [7, 11) is -2.24. The number of esters is 1. The normalized spacial score (nSPS) is 19.1. The molecule has 0 aliphatic carbocycles. The molecule has 12 nitrogen and oxygen atoms in total. The van der Waals surface area contributed by atoms with E-state index in [1.54, 1.807) is 12.1 Å². The van der Waals surface area contributed by atoms with Crippen LogP contribution in [0.1, 0.15) is 90.3 Å². The molecule has 8 rings (SSSR count). The fourth-order valence-electron chi connectivity index (χ4n) is 9.37. The lowest BCUT2D eigenvalue weighted by Crippen LogP contribution is -2.67. The molecule has 3 aromatic carbocycles. The smallest absolute Gasteiger partial charge is 0.404 e. The maximum absolute atomic E-state index is 14.0. The number of primary amides is 1. The molecule has 5 aliphatic heterocycles. The van der Waals surface area contributed by atoms with E-state index in [0.29, 0.717) is 50.7 Å². The average molecular weight is 811 g/mol. The van der Waals surface area contributed by atoms with Crippen molar-refractivity contribution in [2.24, 2.45) is 11.1 Å². The van der Waals surface area contributed by atoms with Gasteiger partial charge in [-0.3, -0.25) is 4.79 Å². The summed E-state index contributed by atoms with van der Waals surface area (Å²) in [6.07, 6.45) is 4.80. The zero-order valence-corrected chi connectivity index (χ0v) is 35.2. The molecule has 1 atom stereocenters. The molecule has 5 heterocycles. The van der Waals surface area contributed by atoms with E-state index in [0.717, 1.165) is 42.9 Å². The van der Waals surface area contributed by atoms with E-state index < -0.39 is 25.9 Å². The Balaban J connectivity index is 0.962. The van der Waals surface area contributed by atoms with E-state index in [4.69, 9.17) is 29.4 Å². The van der Waals surface area contributed by atoms with Gasteiger partial charge in [0.25, 0.3) is 5.91 Å². The van der Waals surface area contributed by atoms with Gasteiger partial charge < -0.3 is 44.5 Å². The second-order valence-corrected chi connectivity index (χ2v) is 21.7. The van der Waals surface area contributed by atoms with Gasteiger partial charge in [0.1, 0.15) is 14.2 Å². The number of ether oxygens (including phenoxy) is 5. The van der Waals surface area contributed by atoms with Gasteiger partial charge in [-0.05, 0) is 77.8 Å². The van der Waals surface area contributed by atoms with E-state index in [1.165, 1.54) is 65.9 Å². The molecule has 0 bridgehead atoms. The van der Waals surface area contributed by atoms with Gasteiger partial charge in [0.2, 0.25) is 0 Å². The molecule has 0 radical (unpaired) electrons. The number of nitrogens with one attached hydrogen (secondary N) is 1. The first-order valence-electron chi connectivity index (χ1n) is 21.2. The Morgan fingerprint density at radius 1 is 0.776 bits per heavy atom. The summed E-state index contributed by atoms with van der Waals surface area (Å²) in [5.74, 6) is -0.592. The van der Waals surface area contributed by atoms with Gasteiger partial charge >= 0.3 is 12.1 Å². The lowest BCUT2D eigenvalue weighted by molar-refractivity contribution is -0.0450. The Hall–Kier alpha value is -4.43. The minimum Gasteiger partial charge on any atom is -0.443 e. The van der Waals surface area contributed by atoms with Crippen LogP contribution in [0.3, 0.4) is 0 Å². The number of hydrogen-bond donors (Lipinski definition) is 2. The summed E-state index contributed by atoms with van der Waals surface area (Å²) >= 11 is 0. The Labute approximate surface area is 342 Å². The molecule has 1 unspecified atom stereocenters. The van der Waals surface area contributed by atoms with Crippen molar-refractivity contribution in [1.82, 2.24) is 5.32 Å². The van der Waals surface area contributed by atoms with Crippen LogP contribution >= 0.6 is 0 Å². The lowest BCUT2D eigenvalue weighted by atomic mass is 9.78. The van der Waals surface area contributed by atoms with Gasteiger partial charge in [0.15, 0.2) is 5.60 Å². The van der Waals surface area contributed by atoms with Crippen molar-refractivity contribution in [2.45, 2.75) is 76.7 Å². The number of nitrogens with two attached hydrogens (primary N) is 1. The van der Waals surface area contributed by atoms with Gasteiger partial charge in [-0.2, -0.15) is 0 Å². The molecule has 310 valence electrons. The topological polar surface area (TPSA) is 142 Å². The highest BCUT2D eigenvalue weighted by molar-refractivity contribution is 7.03. The zero-order valence-electron chi connectivity index (χ0n) is 34.2. The quantitative estimate of drug-likeness (QED) is 0.124. The maximum Gasteiger partial charge on any atom is 0.404 e. The SMILES string of the molecule is CC(C)(C)C(COCCOCCOCCNC(=O)c1ccc2c(c1)C1(OC2=O)c2ccc(N3CCC3)cc2[Si]2(CCCCC2)c2cc(N3CCC3)ccc21)OC(N)=O. The van der Waals surface area contributed by atoms with Crippen molar-refractivity contribution in [3.63, 3.8) is 0 Å².